The molecule has 1 unspecified atom stereocenters. The van der Waals surface area contributed by atoms with Crippen molar-refractivity contribution in [3.8, 4) is 0 Å². The van der Waals surface area contributed by atoms with Gasteiger partial charge in [0.2, 0.25) is 11.8 Å². The van der Waals surface area contributed by atoms with E-state index in [1.54, 1.807) is 17.0 Å². The van der Waals surface area contributed by atoms with Gasteiger partial charge in [-0.3, -0.25) is 19.3 Å². The zero-order chi connectivity index (χ0) is 18.2. The molecule has 1 fully saturated rings. The molecule has 1 aromatic rings. The molecule has 8 heteroatoms. The van der Waals surface area contributed by atoms with Gasteiger partial charge in [-0.05, 0) is 18.1 Å². The number of hydrogen-bond acceptors (Lipinski definition) is 6. The van der Waals surface area contributed by atoms with E-state index >= 15 is 0 Å². The highest BCUT2D eigenvalue weighted by Crippen LogP contribution is 2.10. The molecule has 0 saturated carbocycles. The third kappa shape index (κ3) is 6.22. The van der Waals surface area contributed by atoms with Gasteiger partial charge in [0.15, 0.2) is 0 Å². The van der Waals surface area contributed by atoms with Crippen LogP contribution in [0.25, 0.3) is 0 Å². The fourth-order valence-electron chi connectivity index (χ4n) is 2.49. The highest BCUT2D eigenvalue weighted by atomic mass is 16.5. The van der Waals surface area contributed by atoms with Gasteiger partial charge in [0.1, 0.15) is 11.8 Å². The number of nitrogens with zero attached hydrogens (tertiary/aromatic N) is 1. The summed E-state index contributed by atoms with van der Waals surface area (Å²) in [7, 11) is 0. The summed E-state index contributed by atoms with van der Waals surface area (Å²) >= 11 is 0. The maximum absolute atomic E-state index is 12.1. The molecule has 1 saturated heterocycles. The number of furan rings is 1. The normalized spacial score (nSPS) is 18.0. The Hall–Kier alpha value is -2.35. The maximum Gasteiger partial charge on any atom is 0.307 e. The molecular weight excluding hydrogens is 326 g/mol. The van der Waals surface area contributed by atoms with Gasteiger partial charge >= 0.3 is 5.97 Å². The van der Waals surface area contributed by atoms with Gasteiger partial charge in [-0.2, -0.15) is 0 Å². The largest absolute Gasteiger partial charge is 0.467 e. The standard InChI is InChI=1S/C17H25N3O5/c1-12(2)11-25-16(22)8-14-17(23)18-5-6-20(14)10-15(21)19-9-13-4-3-7-24-13/h3-4,7,12,14H,5-6,8-11H2,1-2H3,(H,18,23)(H,19,21). The molecule has 8 nitrogen and oxygen atoms in total. The van der Waals surface area contributed by atoms with Gasteiger partial charge in [-0.25, -0.2) is 0 Å². The van der Waals surface area contributed by atoms with Crippen LogP contribution >= 0.6 is 0 Å². The Balaban J connectivity index is 1.86. The summed E-state index contributed by atoms with van der Waals surface area (Å²) in [6.45, 7) is 5.47. The maximum atomic E-state index is 12.1. The predicted molar refractivity (Wildman–Crippen MR) is 89.3 cm³/mol. The summed E-state index contributed by atoms with van der Waals surface area (Å²) in [5.41, 5.74) is 0. The lowest BCUT2D eigenvalue weighted by Crippen LogP contribution is -2.58. The first-order valence-electron chi connectivity index (χ1n) is 8.42. The fourth-order valence-corrected chi connectivity index (χ4v) is 2.49. The Morgan fingerprint density at radius 2 is 2.28 bits per heavy atom. The second kappa shape index (κ2) is 9.22. The third-order valence-electron chi connectivity index (χ3n) is 3.77. The van der Waals surface area contributed by atoms with E-state index in [2.05, 4.69) is 10.6 Å². The molecule has 1 aromatic heterocycles. The summed E-state index contributed by atoms with van der Waals surface area (Å²) < 4.78 is 10.3. The average Bonchev–Trinajstić information content (AvgIpc) is 3.08. The van der Waals surface area contributed by atoms with Gasteiger partial charge < -0.3 is 19.8 Å². The van der Waals surface area contributed by atoms with Crippen LogP contribution in [-0.2, 0) is 25.7 Å². The Labute approximate surface area is 146 Å². The summed E-state index contributed by atoms with van der Waals surface area (Å²) in [5, 5.41) is 5.46. The van der Waals surface area contributed by atoms with Gasteiger partial charge in [-0.15, -0.1) is 0 Å². The molecule has 0 aliphatic carbocycles. The Morgan fingerprint density at radius 1 is 1.48 bits per heavy atom. The Morgan fingerprint density at radius 3 is 2.96 bits per heavy atom. The molecule has 0 bridgehead atoms. The zero-order valence-corrected chi connectivity index (χ0v) is 14.6. The first-order chi connectivity index (χ1) is 12.0. The second-order valence-electron chi connectivity index (χ2n) is 6.41. The number of hydrogen-bond donors (Lipinski definition) is 2. The van der Waals surface area contributed by atoms with Crippen LogP contribution in [0, 0.1) is 5.92 Å². The van der Waals surface area contributed by atoms with Crippen LogP contribution in [0.3, 0.4) is 0 Å². The van der Waals surface area contributed by atoms with Crippen molar-refractivity contribution < 1.29 is 23.5 Å². The Kier molecular flexibility index (Phi) is 7.00. The number of carbonyl (C=O) groups is 3. The molecule has 0 spiro atoms. The lowest BCUT2D eigenvalue weighted by atomic mass is 10.1. The van der Waals surface area contributed by atoms with E-state index in [0.717, 1.165) is 0 Å². The molecule has 1 aliphatic rings. The molecule has 2 heterocycles. The van der Waals surface area contributed by atoms with Crippen LogP contribution in [0.5, 0.6) is 0 Å². The van der Waals surface area contributed by atoms with Crippen molar-refractivity contribution in [3.63, 3.8) is 0 Å². The first kappa shape index (κ1) is 19.0. The quantitative estimate of drug-likeness (QED) is 0.653. The van der Waals surface area contributed by atoms with Gasteiger partial charge in [0.05, 0.1) is 32.4 Å². The predicted octanol–water partition coefficient (Wildman–Crippen LogP) is 0.286. The highest BCUT2D eigenvalue weighted by Gasteiger charge is 2.33. The molecule has 138 valence electrons. The monoisotopic (exact) mass is 351 g/mol. The van der Waals surface area contributed by atoms with E-state index in [-0.39, 0.29) is 37.2 Å². The van der Waals surface area contributed by atoms with Crippen LogP contribution in [0.1, 0.15) is 26.0 Å². The summed E-state index contributed by atoms with van der Waals surface area (Å²) in [5.74, 6) is -0.0406. The molecular formula is C17H25N3O5. The minimum atomic E-state index is -0.692. The van der Waals surface area contributed by atoms with Crippen LogP contribution in [0.2, 0.25) is 0 Å². The number of ether oxygens (including phenoxy) is 1. The second-order valence-corrected chi connectivity index (χ2v) is 6.41. The minimum absolute atomic E-state index is 0.0380. The topological polar surface area (TPSA) is 101 Å². The molecule has 25 heavy (non-hydrogen) atoms. The van der Waals surface area contributed by atoms with Crippen molar-refractivity contribution in [3.05, 3.63) is 24.2 Å². The van der Waals surface area contributed by atoms with E-state index in [1.165, 1.54) is 6.26 Å². The van der Waals surface area contributed by atoms with Gasteiger partial charge in [-0.1, -0.05) is 13.8 Å². The van der Waals surface area contributed by atoms with Crippen molar-refractivity contribution in [2.75, 3.05) is 26.2 Å². The molecule has 2 rings (SSSR count). The third-order valence-corrected chi connectivity index (χ3v) is 3.77. The van der Waals surface area contributed by atoms with Gasteiger partial charge in [0.25, 0.3) is 0 Å². The van der Waals surface area contributed by atoms with Crippen LogP contribution in [0.15, 0.2) is 22.8 Å². The molecule has 0 radical (unpaired) electrons. The average molecular weight is 351 g/mol. The number of rotatable bonds is 8. The van der Waals surface area contributed by atoms with Crippen molar-refractivity contribution in [1.82, 2.24) is 15.5 Å². The molecule has 1 atom stereocenters. The SMILES string of the molecule is CC(C)COC(=O)CC1C(=O)NCCN1CC(=O)NCc1ccco1. The van der Waals surface area contributed by atoms with E-state index in [0.29, 0.717) is 25.5 Å². The fraction of sp³-hybridized carbons (Fsp3) is 0.588. The van der Waals surface area contributed by atoms with E-state index in [4.69, 9.17) is 9.15 Å². The highest BCUT2D eigenvalue weighted by molar-refractivity contribution is 5.88. The van der Waals surface area contributed by atoms with Crippen molar-refractivity contribution in [2.24, 2.45) is 5.92 Å². The number of nitrogens with one attached hydrogen (secondary N) is 2. The summed E-state index contributed by atoms with van der Waals surface area (Å²) in [6.07, 6.45) is 1.47. The zero-order valence-electron chi connectivity index (χ0n) is 14.6. The van der Waals surface area contributed by atoms with E-state index in [1.807, 2.05) is 13.8 Å². The molecule has 2 N–H and O–H groups in total. The molecule has 0 aromatic carbocycles. The van der Waals surface area contributed by atoms with Crippen molar-refractivity contribution >= 4 is 17.8 Å². The van der Waals surface area contributed by atoms with Crippen LogP contribution in [-0.4, -0.2) is 55.0 Å². The van der Waals surface area contributed by atoms with Crippen LogP contribution in [0.4, 0.5) is 0 Å². The van der Waals surface area contributed by atoms with E-state index in [9.17, 15) is 14.4 Å². The number of piperazine rings is 1. The van der Waals surface area contributed by atoms with E-state index < -0.39 is 12.0 Å². The van der Waals surface area contributed by atoms with Crippen molar-refractivity contribution in [1.29, 1.82) is 0 Å². The Bertz CT molecular complexity index is 585. The lowest BCUT2D eigenvalue weighted by molar-refractivity contribution is -0.150. The van der Waals surface area contributed by atoms with Gasteiger partial charge in [0, 0.05) is 13.1 Å². The summed E-state index contributed by atoms with van der Waals surface area (Å²) in [4.78, 5) is 37.8. The number of amides is 2. The summed E-state index contributed by atoms with van der Waals surface area (Å²) in [6, 6.07) is 2.82. The van der Waals surface area contributed by atoms with Crippen LogP contribution < -0.4 is 10.6 Å². The van der Waals surface area contributed by atoms with Crippen molar-refractivity contribution in [2.45, 2.75) is 32.9 Å². The molecule has 2 amide bonds. The lowest BCUT2D eigenvalue weighted by Gasteiger charge is -2.33. The number of esters is 1. The first-order valence-corrected chi connectivity index (χ1v) is 8.42. The minimum Gasteiger partial charge on any atom is -0.467 e. The number of carbonyl (C=O) groups excluding carboxylic acids is 3. The smallest absolute Gasteiger partial charge is 0.307 e. The molecule has 1 aliphatic heterocycles.